The topological polar surface area (TPSA) is 20.3 Å². The summed E-state index contributed by atoms with van der Waals surface area (Å²) in [5.74, 6) is 0.299. The van der Waals surface area contributed by atoms with Gasteiger partial charge in [-0.1, -0.05) is 24.3 Å². The molecule has 0 amide bonds. The Morgan fingerprint density at radius 1 is 1.31 bits per heavy atom. The molecule has 16 heavy (non-hydrogen) atoms. The molecule has 0 aromatic heterocycles. The largest absolute Gasteiger partial charge is 0.303 e. The summed E-state index contributed by atoms with van der Waals surface area (Å²) in [6, 6.07) is 8.53. The van der Waals surface area contributed by atoms with Gasteiger partial charge in [-0.2, -0.15) is 0 Å². The number of aldehydes is 1. The Hall–Kier alpha value is -1.15. The number of hydrogen-bond donors (Lipinski definition) is 0. The Bertz CT molecular complexity index is 354. The molecule has 0 atom stereocenters. The molecule has 1 aromatic carbocycles. The SMILES string of the molecule is Cc1ccccc1CN1CCC(C=O)CC1. The molecule has 0 bridgehead atoms. The standard InChI is InChI=1S/C14H19NO/c1-12-4-2-3-5-14(12)10-15-8-6-13(11-16)7-9-15/h2-5,11,13H,6-10H2,1H3. The summed E-state index contributed by atoms with van der Waals surface area (Å²) in [5.41, 5.74) is 2.77. The average Bonchev–Trinajstić information content (AvgIpc) is 2.33. The molecule has 1 saturated heterocycles. The van der Waals surface area contributed by atoms with E-state index in [0.717, 1.165) is 38.8 Å². The Balaban J connectivity index is 1.92. The van der Waals surface area contributed by atoms with Gasteiger partial charge in [0, 0.05) is 12.5 Å². The van der Waals surface area contributed by atoms with E-state index in [1.807, 2.05) is 0 Å². The van der Waals surface area contributed by atoms with E-state index in [4.69, 9.17) is 0 Å². The second-order valence-electron chi connectivity index (χ2n) is 4.68. The Labute approximate surface area is 97.3 Å². The van der Waals surface area contributed by atoms with Crippen molar-refractivity contribution in [3.8, 4) is 0 Å². The molecule has 1 fully saturated rings. The lowest BCUT2D eigenvalue weighted by atomic mass is 9.98. The third-order valence-corrected chi connectivity index (χ3v) is 3.48. The van der Waals surface area contributed by atoms with Gasteiger partial charge >= 0.3 is 0 Å². The fourth-order valence-electron chi connectivity index (χ4n) is 2.28. The molecule has 2 rings (SSSR count). The van der Waals surface area contributed by atoms with Gasteiger partial charge < -0.3 is 4.79 Å². The summed E-state index contributed by atoms with van der Waals surface area (Å²) in [5, 5.41) is 0. The minimum absolute atomic E-state index is 0.299. The van der Waals surface area contributed by atoms with Crippen molar-refractivity contribution in [2.75, 3.05) is 13.1 Å². The molecule has 1 aromatic rings. The number of aryl methyl sites for hydroxylation is 1. The smallest absolute Gasteiger partial charge is 0.123 e. The van der Waals surface area contributed by atoms with E-state index in [-0.39, 0.29) is 0 Å². The number of benzene rings is 1. The highest BCUT2D eigenvalue weighted by Gasteiger charge is 2.18. The van der Waals surface area contributed by atoms with Crippen LogP contribution in [-0.4, -0.2) is 24.3 Å². The molecule has 0 saturated carbocycles. The number of piperidine rings is 1. The van der Waals surface area contributed by atoms with Crippen LogP contribution in [-0.2, 0) is 11.3 Å². The van der Waals surface area contributed by atoms with E-state index in [2.05, 4.69) is 36.1 Å². The summed E-state index contributed by atoms with van der Waals surface area (Å²) < 4.78 is 0. The van der Waals surface area contributed by atoms with Crippen molar-refractivity contribution in [3.63, 3.8) is 0 Å². The third kappa shape index (κ3) is 2.70. The second-order valence-corrected chi connectivity index (χ2v) is 4.68. The Kier molecular flexibility index (Phi) is 3.73. The van der Waals surface area contributed by atoms with Gasteiger partial charge in [-0.15, -0.1) is 0 Å². The first-order valence-electron chi connectivity index (χ1n) is 6.02. The van der Waals surface area contributed by atoms with Crippen LogP contribution in [0.25, 0.3) is 0 Å². The Morgan fingerprint density at radius 2 is 2.00 bits per heavy atom. The van der Waals surface area contributed by atoms with Crippen molar-refractivity contribution >= 4 is 6.29 Å². The minimum atomic E-state index is 0.299. The molecular weight excluding hydrogens is 198 g/mol. The van der Waals surface area contributed by atoms with Crippen LogP contribution in [0.4, 0.5) is 0 Å². The average molecular weight is 217 g/mol. The second kappa shape index (κ2) is 5.26. The van der Waals surface area contributed by atoms with Crippen LogP contribution in [0.5, 0.6) is 0 Å². The van der Waals surface area contributed by atoms with E-state index >= 15 is 0 Å². The van der Waals surface area contributed by atoms with Crippen molar-refractivity contribution in [3.05, 3.63) is 35.4 Å². The van der Waals surface area contributed by atoms with Crippen molar-refractivity contribution in [1.82, 2.24) is 4.90 Å². The normalized spacial score (nSPS) is 18.6. The van der Waals surface area contributed by atoms with Gasteiger partial charge in [0.25, 0.3) is 0 Å². The van der Waals surface area contributed by atoms with E-state index in [1.54, 1.807) is 0 Å². The van der Waals surface area contributed by atoms with Gasteiger partial charge in [-0.3, -0.25) is 4.90 Å². The van der Waals surface area contributed by atoms with Crippen molar-refractivity contribution in [2.45, 2.75) is 26.3 Å². The molecule has 0 spiro atoms. The fraction of sp³-hybridized carbons (Fsp3) is 0.500. The van der Waals surface area contributed by atoms with E-state index in [0.29, 0.717) is 5.92 Å². The molecule has 0 N–H and O–H groups in total. The molecule has 0 aliphatic carbocycles. The molecule has 1 aliphatic rings. The summed E-state index contributed by atoms with van der Waals surface area (Å²) in [4.78, 5) is 13.1. The predicted octanol–water partition coefficient (Wildman–Crippen LogP) is 2.41. The zero-order valence-electron chi connectivity index (χ0n) is 9.86. The molecule has 86 valence electrons. The number of likely N-dealkylation sites (tertiary alicyclic amines) is 1. The lowest BCUT2D eigenvalue weighted by Gasteiger charge is -2.29. The maximum Gasteiger partial charge on any atom is 0.123 e. The van der Waals surface area contributed by atoms with Crippen LogP contribution in [0, 0.1) is 12.8 Å². The molecule has 1 aliphatic heterocycles. The monoisotopic (exact) mass is 217 g/mol. The summed E-state index contributed by atoms with van der Waals surface area (Å²) in [6.07, 6.45) is 3.16. The first-order valence-corrected chi connectivity index (χ1v) is 6.02. The molecule has 2 nitrogen and oxygen atoms in total. The summed E-state index contributed by atoms with van der Waals surface area (Å²) in [7, 11) is 0. The van der Waals surface area contributed by atoms with Gasteiger partial charge in [-0.05, 0) is 44.0 Å². The van der Waals surface area contributed by atoms with Crippen LogP contribution < -0.4 is 0 Å². The lowest BCUT2D eigenvalue weighted by molar-refractivity contribution is -0.112. The van der Waals surface area contributed by atoms with Gasteiger partial charge in [-0.25, -0.2) is 0 Å². The van der Waals surface area contributed by atoms with Gasteiger partial charge in [0.1, 0.15) is 6.29 Å². The first kappa shape index (κ1) is 11.3. The van der Waals surface area contributed by atoms with Crippen molar-refractivity contribution in [2.24, 2.45) is 5.92 Å². The lowest BCUT2D eigenvalue weighted by Crippen LogP contribution is -2.33. The zero-order valence-corrected chi connectivity index (χ0v) is 9.86. The number of carbonyl (C=O) groups excluding carboxylic acids is 1. The number of nitrogens with zero attached hydrogens (tertiary/aromatic N) is 1. The van der Waals surface area contributed by atoms with Gasteiger partial charge in [0.15, 0.2) is 0 Å². The van der Waals surface area contributed by atoms with Crippen LogP contribution in [0.1, 0.15) is 24.0 Å². The predicted molar refractivity (Wildman–Crippen MR) is 65.2 cm³/mol. The van der Waals surface area contributed by atoms with Gasteiger partial charge in [0.2, 0.25) is 0 Å². The zero-order chi connectivity index (χ0) is 11.4. The highest BCUT2D eigenvalue weighted by molar-refractivity contribution is 5.53. The highest BCUT2D eigenvalue weighted by Crippen LogP contribution is 2.18. The molecular formula is C14H19NO. The number of rotatable bonds is 3. The summed E-state index contributed by atoms with van der Waals surface area (Å²) in [6.45, 7) is 5.29. The maximum atomic E-state index is 10.7. The Morgan fingerprint density at radius 3 is 2.62 bits per heavy atom. The van der Waals surface area contributed by atoms with Crippen LogP contribution in [0.2, 0.25) is 0 Å². The van der Waals surface area contributed by atoms with E-state index < -0.39 is 0 Å². The quantitative estimate of drug-likeness (QED) is 0.725. The molecule has 2 heteroatoms. The van der Waals surface area contributed by atoms with Crippen molar-refractivity contribution < 1.29 is 4.79 Å². The molecule has 0 unspecified atom stereocenters. The molecule has 1 heterocycles. The van der Waals surface area contributed by atoms with Crippen LogP contribution in [0.15, 0.2) is 24.3 Å². The minimum Gasteiger partial charge on any atom is -0.303 e. The fourth-order valence-corrected chi connectivity index (χ4v) is 2.28. The summed E-state index contributed by atoms with van der Waals surface area (Å²) >= 11 is 0. The number of carbonyl (C=O) groups is 1. The molecule has 0 radical (unpaired) electrons. The third-order valence-electron chi connectivity index (χ3n) is 3.48. The van der Waals surface area contributed by atoms with Crippen LogP contribution in [0.3, 0.4) is 0 Å². The van der Waals surface area contributed by atoms with E-state index in [1.165, 1.54) is 11.1 Å². The number of hydrogen-bond acceptors (Lipinski definition) is 2. The van der Waals surface area contributed by atoms with E-state index in [9.17, 15) is 4.79 Å². The van der Waals surface area contributed by atoms with Gasteiger partial charge in [0.05, 0.1) is 0 Å². The van der Waals surface area contributed by atoms with Crippen molar-refractivity contribution in [1.29, 1.82) is 0 Å². The first-order chi connectivity index (χ1) is 7.79. The van der Waals surface area contributed by atoms with Crippen LogP contribution >= 0.6 is 0 Å². The maximum absolute atomic E-state index is 10.7. The highest BCUT2D eigenvalue weighted by atomic mass is 16.1.